The molecule has 30 heavy (non-hydrogen) atoms. The topological polar surface area (TPSA) is 71.8 Å². The first-order valence-electron chi connectivity index (χ1n) is 9.62. The summed E-state index contributed by atoms with van der Waals surface area (Å²) in [7, 11) is 1.60. The second kappa shape index (κ2) is 6.84. The van der Waals surface area contributed by atoms with Crippen LogP contribution in [0.5, 0.6) is 0 Å². The largest absolute Gasteiger partial charge is 0.418 e. The molecule has 0 aliphatic carbocycles. The number of hydrogen-bond donors (Lipinski definition) is 0. The summed E-state index contributed by atoms with van der Waals surface area (Å²) in [6, 6.07) is 2.79. The smallest absolute Gasteiger partial charge is 0.275 e. The predicted molar refractivity (Wildman–Crippen MR) is 109 cm³/mol. The first kappa shape index (κ1) is 19.1. The molecule has 152 valence electrons. The van der Waals surface area contributed by atoms with E-state index in [0.717, 1.165) is 37.2 Å². The van der Waals surface area contributed by atoms with Crippen molar-refractivity contribution in [1.82, 2.24) is 24.4 Å². The van der Waals surface area contributed by atoms with E-state index in [4.69, 9.17) is 5.26 Å². The molecule has 6 nitrogen and oxygen atoms in total. The molecule has 1 aromatic carbocycles. The van der Waals surface area contributed by atoms with Gasteiger partial charge in [-0.2, -0.15) is 23.4 Å². The molecule has 11 heteroatoms. The molecular weight excluding hydrogens is 412 g/mol. The van der Waals surface area contributed by atoms with E-state index in [-0.39, 0.29) is 12.2 Å². The standard InChI is InChI=1S/C19H16BF3N6S/c1-28-8-13-6-12(7-14(16(13)26-28)19(21,22)23)17-27-29-9-15(25-18(29)30-17)11-2-4-20(10-24)5-3-11/h6-9,11H,2-5H2,1H3. The second-order valence-corrected chi connectivity index (χ2v) is 8.70. The van der Waals surface area contributed by atoms with Gasteiger partial charge in [-0.25, -0.2) is 14.8 Å². The average molecular weight is 428 g/mol. The Labute approximate surface area is 174 Å². The molecule has 1 aliphatic rings. The molecule has 4 heterocycles. The minimum atomic E-state index is -4.50. The van der Waals surface area contributed by atoms with Crippen molar-refractivity contribution >= 4 is 33.9 Å². The third kappa shape index (κ3) is 3.25. The molecular formula is C19H16BF3N6S. The molecule has 0 radical (unpaired) electrons. The molecule has 0 unspecified atom stereocenters. The van der Waals surface area contributed by atoms with E-state index in [1.807, 2.05) is 6.20 Å². The number of rotatable bonds is 2. The van der Waals surface area contributed by atoms with Crippen LogP contribution >= 0.6 is 11.3 Å². The fourth-order valence-corrected chi connectivity index (χ4v) is 5.02. The molecule has 0 saturated carbocycles. The van der Waals surface area contributed by atoms with Crippen molar-refractivity contribution in [1.29, 1.82) is 5.26 Å². The summed E-state index contributed by atoms with van der Waals surface area (Å²) >= 11 is 1.27. The van der Waals surface area contributed by atoms with Crippen molar-refractivity contribution < 1.29 is 13.2 Å². The van der Waals surface area contributed by atoms with Gasteiger partial charge in [-0.3, -0.25) is 4.68 Å². The summed E-state index contributed by atoms with van der Waals surface area (Å²) in [5.74, 6) is 2.63. The number of halogens is 3. The van der Waals surface area contributed by atoms with Crippen LogP contribution in [0.3, 0.4) is 0 Å². The van der Waals surface area contributed by atoms with Crippen LogP contribution in [0.15, 0.2) is 24.5 Å². The third-order valence-electron chi connectivity index (χ3n) is 5.67. The van der Waals surface area contributed by atoms with Crippen LogP contribution in [-0.4, -0.2) is 31.1 Å². The van der Waals surface area contributed by atoms with Gasteiger partial charge in [0.05, 0.1) is 17.5 Å². The zero-order chi connectivity index (χ0) is 21.0. The number of nitriles is 1. The molecule has 0 spiro atoms. The van der Waals surface area contributed by atoms with Crippen LogP contribution in [-0.2, 0) is 13.2 Å². The molecule has 3 aromatic heterocycles. The van der Waals surface area contributed by atoms with Crippen molar-refractivity contribution in [2.24, 2.45) is 7.05 Å². The summed E-state index contributed by atoms with van der Waals surface area (Å²) in [5.41, 5.74) is 0.508. The maximum absolute atomic E-state index is 13.6. The molecule has 4 aromatic rings. The van der Waals surface area contributed by atoms with Crippen LogP contribution in [0.25, 0.3) is 26.4 Å². The average Bonchev–Trinajstić information content (AvgIpc) is 3.38. The minimum absolute atomic E-state index is 0.0645. The van der Waals surface area contributed by atoms with Crippen molar-refractivity contribution in [3.8, 4) is 16.5 Å². The van der Waals surface area contributed by atoms with Gasteiger partial charge >= 0.3 is 6.18 Å². The summed E-state index contributed by atoms with van der Waals surface area (Å²) in [5, 5.41) is 18.4. The molecule has 0 bridgehead atoms. The van der Waals surface area contributed by atoms with E-state index in [1.165, 1.54) is 16.0 Å². The summed E-state index contributed by atoms with van der Waals surface area (Å²) in [6.07, 6.45) is 2.51. The Morgan fingerprint density at radius 1 is 1.20 bits per heavy atom. The highest BCUT2D eigenvalue weighted by molar-refractivity contribution is 7.19. The molecule has 1 saturated heterocycles. The van der Waals surface area contributed by atoms with Gasteiger partial charge in [-0.05, 0) is 12.1 Å². The maximum Gasteiger partial charge on any atom is 0.418 e. The van der Waals surface area contributed by atoms with Crippen LogP contribution in [0.1, 0.15) is 30.0 Å². The van der Waals surface area contributed by atoms with E-state index in [9.17, 15) is 13.2 Å². The molecule has 5 rings (SSSR count). The normalized spacial score (nSPS) is 15.9. The quantitative estimate of drug-likeness (QED) is 0.430. The van der Waals surface area contributed by atoms with Gasteiger partial charge in [0, 0.05) is 36.1 Å². The number of alkyl halides is 3. The summed E-state index contributed by atoms with van der Waals surface area (Å²) < 4.78 is 43.8. The van der Waals surface area contributed by atoms with Gasteiger partial charge in [0.15, 0.2) is 0 Å². The fourth-order valence-electron chi connectivity index (χ4n) is 4.14. The van der Waals surface area contributed by atoms with Crippen molar-refractivity contribution in [3.63, 3.8) is 0 Å². The van der Waals surface area contributed by atoms with E-state index in [0.29, 0.717) is 26.8 Å². The lowest BCUT2D eigenvalue weighted by molar-refractivity contribution is -0.136. The van der Waals surface area contributed by atoms with Crippen LogP contribution < -0.4 is 0 Å². The maximum atomic E-state index is 13.6. The molecule has 0 atom stereocenters. The van der Waals surface area contributed by atoms with E-state index in [2.05, 4.69) is 21.1 Å². The Morgan fingerprint density at radius 3 is 2.63 bits per heavy atom. The summed E-state index contributed by atoms with van der Waals surface area (Å²) in [4.78, 5) is 5.32. The number of nitrogens with zero attached hydrogens (tertiary/aromatic N) is 6. The lowest BCUT2D eigenvalue weighted by atomic mass is 9.41. The Balaban J connectivity index is 1.50. The number of imidazole rings is 1. The number of hydrogen-bond acceptors (Lipinski definition) is 5. The fraction of sp³-hybridized carbons (Fsp3) is 0.368. The van der Waals surface area contributed by atoms with Crippen LogP contribution in [0.4, 0.5) is 13.2 Å². The zero-order valence-corrected chi connectivity index (χ0v) is 16.8. The van der Waals surface area contributed by atoms with Gasteiger partial charge in [-0.1, -0.05) is 36.8 Å². The lowest BCUT2D eigenvalue weighted by Gasteiger charge is -2.21. The van der Waals surface area contributed by atoms with Gasteiger partial charge in [-0.15, -0.1) is 0 Å². The number of aryl methyl sites for hydroxylation is 1. The molecule has 0 amide bonds. The van der Waals surface area contributed by atoms with Crippen molar-refractivity contribution in [2.45, 2.75) is 37.6 Å². The van der Waals surface area contributed by atoms with Crippen molar-refractivity contribution in [2.75, 3.05) is 0 Å². The predicted octanol–water partition coefficient (Wildman–Crippen LogP) is 4.80. The first-order chi connectivity index (χ1) is 14.3. The van der Waals surface area contributed by atoms with E-state index < -0.39 is 11.7 Å². The number of aromatic nitrogens is 5. The Morgan fingerprint density at radius 2 is 1.97 bits per heavy atom. The molecule has 0 N–H and O–H groups in total. The highest BCUT2D eigenvalue weighted by Crippen LogP contribution is 2.39. The highest BCUT2D eigenvalue weighted by Gasteiger charge is 2.35. The zero-order valence-electron chi connectivity index (χ0n) is 16.0. The SMILES string of the molecule is Cn1cc2cc(-c3nn4cc(C5CCB(C#N)CC5)nc4s3)cc(C(F)(F)F)c2n1. The highest BCUT2D eigenvalue weighted by atomic mass is 32.1. The number of fused-ring (bicyclic) bond motifs is 2. The van der Waals surface area contributed by atoms with Gasteiger partial charge < -0.3 is 0 Å². The second-order valence-electron chi connectivity index (χ2n) is 7.74. The Hall–Kier alpha value is -2.87. The van der Waals surface area contributed by atoms with E-state index in [1.54, 1.807) is 23.8 Å². The van der Waals surface area contributed by atoms with Crippen molar-refractivity contribution in [3.05, 3.63) is 35.8 Å². The van der Waals surface area contributed by atoms with Gasteiger partial charge in [0.25, 0.3) is 6.71 Å². The lowest BCUT2D eigenvalue weighted by Crippen LogP contribution is -2.19. The Kier molecular flexibility index (Phi) is 4.36. The molecule has 1 aliphatic heterocycles. The van der Waals surface area contributed by atoms with Gasteiger partial charge in [0.1, 0.15) is 10.5 Å². The number of benzene rings is 1. The van der Waals surface area contributed by atoms with Crippen LogP contribution in [0.2, 0.25) is 12.6 Å². The molecule has 1 fully saturated rings. The van der Waals surface area contributed by atoms with Gasteiger partial charge in [0.2, 0.25) is 4.96 Å². The van der Waals surface area contributed by atoms with E-state index >= 15 is 0 Å². The van der Waals surface area contributed by atoms with Crippen LogP contribution in [0, 0.1) is 11.2 Å². The third-order valence-corrected chi connectivity index (χ3v) is 6.64. The Bertz CT molecular complexity index is 1260. The minimum Gasteiger partial charge on any atom is -0.275 e. The summed E-state index contributed by atoms with van der Waals surface area (Å²) in [6.45, 7) is 0.125. The first-order valence-corrected chi connectivity index (χ1v) is 10.4. The monoisotopic (exact) mass is 428 g/mol.